The molecule has 1 aromatic rings. The first-order chi connectivity index (χ1) is 8.51. The van der Waals surface area contributed by atoms with Gasteiger partial charge in [-0.3, -0.25) is 9.69 Å². The minimum atomic E-state index is -0.559. The van der Waals surface area contributed by atoms with Gasteiger partial charge in [-0.1, -0.05) is 0 Å². The number of hydrogen-bond acceptors (Lipinski definition) is 3. The van der Waals surface area contributed by atoms with Gasteiger partial charge >= 0.3 is 6.03 Å². The van der Waals surface area contributed by atoms with Crippen molar-refractivity contribution in [2.24, 2.45) is 0 Å². The van der Waals surface area contributed by atoms with Crippen molar-refractivity contribution in [3.8, 4) is 6.07 Å². The van der Waals surface area contributed by atoms with E-state index >= 15 is 0 Å². The van der Waals surface area contributed by atoms with Crippen molar-refractivity contribution in [3.63, 3.8) is 0 Å². The summed E-state index contributed by atoms with van der Waals surface area (Å²) in [6.45, 7) is 0.00764. The Bertz CT molecular complexity index is 565. The van der Waals surface area contributed by atoms with E-state index in [0.717, 1.165) is 11.0 Å². The lowest BCUT2D eigenvalue weighted by molar-refractivity contribution is -0.125. The second kappa shape index (κ2) is 4.45. The molecule has 18 heavy (non-hydrogen) atoms. The summed E-state index contributed by atoms with van der Waals surface area (Å²) in [5.74, 6) is -0.887. The third kappa shape index (κ3) is 2.15. The molecule has 0 saturated carbocycles. The van der Waals surface area contributed by atoms with Crippen molar-refractivity contribution < 1.29 is 14.0 Å². The van der Waals surface area contributed by atoms with E-state index in [-0.39, 0.29) is 24.6 Å². The Morgan fingerprint density at radius 3 is 2.67 bits per heavy atom. The summed E-state index contributed by atoms with van der Waals surface area (Å²) in [5, 5.41) is 8.72. The first-order valence-electron chi connectivity index (χ1n) is 5.26. The van der Waals surface area contributed by atoms with E-state index in [4.69, 9.17) is 5.26 Å². The van der Waals surface area contributed by atoms with Gasteiger partial charge in [0.05, 0.1) is 18.2 Å². The maximum absolute atomic E-state index is 13.2. The maximum atomic E-state index is 13.2. The fourth-order valence-corrected chi connectivity index (χ4v) is 1.81. The number of nitriles is 1. The van der Waals surface area contributed by atoms with Crippen LogP contribution in [0.2, 0.25) is 0 Å². The molecule has 3 amide bonds. The summed E-state index contributed by atoms with van der Waals surface area (Å²) in [6.07, 6.45) is 0. The van der Waals surface area contributed by atoms with Gasteiger partial charge in [-0.25, -0.2) is 9.18 Å². The third-order valence-electron chi connectivity index (χ3n) is 2.66. The van der Waals surface area contributed by atoms with Gasteiger partial charge in [-0.05, 0) is 23.8 Å². The molecule has 0 bridgehead atoms. The number of urea groups is 1. The quantitative estimate of drug-likeness (QED) is 0.735. The van der Waals surface area contributed by atoms with Crippen LogP contribution in [0.4, 0.5) is 9.18 Å². The second-order valence-corrected chi connectivity index (χ2v) is 4.08. The van der Waals surface area contributed by atoms with Gasteiger partial charge in [0.2, 0.25) is 0 Å². The SMILES string of the molecule is CN1CC(=O)N(Cc2cc(F)cc(C#N)c2)C1=O. The van der Waals surface area contributed by atoms with Crippen LogP contribution in [0.25, 0.3) is 0 Å². The molecule has 0 unspecified atom stereocenters. The number of carbonyl (C=O) groups is 2. The lowest BCUT2D eigenvalue weighted by atomic mass is 10.1. The Morgan fingerprint density at radius 1 is 1.39 bits per heavy atom. The Morgan fingerprint density at radius 2 is 2.11 bits per heavy atom. The molecular formula is C12H10FN3O2. The van der Waals surface area contributed by atoms with E-state index in [9.17, 15) is 14.0 Å². The molecule has 1 heterocycles. The highest BCUT2D eigenvalue weighted by Gasteiger charge is 2.33. The Hall–Kier alpha value is -2.42. The first-order valence-corrected chi connectivity index (χ1v) is 5.26. The Labute approximate surface area is 103 Å². The van der Waals surface area contributed by atoms with Gasteiger partial charge in [0, 0.05) is 7.05 Å². The van der Waals surface area contributed by atoms with Gasteiger partial charge in [0.15, 0.2) is 0 Å². The molecule has 5 nitrogen and oxygen atoms in total. The summed E-state index contributed by atoms with van der Waals surface area (Å²) >= 11 is 0. The predicted octanol–water partition coefficient (Wildman–Crippen LogP) is 1.09. The van der Waals surface area contributed by atoms with Gasteiger partial charge in [0.25, 0.3) is 5.91 Å². The smallest absolute Gasteiger partial charge is 0.318 e. The summed E-state index contributed by atoms with van der Waals surface area (Å²) in [7, 11) is 1.52. The number of likely N-dealkylation sites (N-methyl/N-ethyl adjacent to an activating group) is 1. The van der Waals surface area contributed by atoms with Crippen LogP contribution in [-0.4, -0.2) is 35.3 Å². The van der Waals surface area contributed by atoms with Crippen molar-refractivity contribution in [1.82, 2.24) is 9.80 Å². The van der Waals surface area contributed by atoms with E-state index in [0.29, 0.717) is 5.56 Å². The van der Waals surface area contributed by atoms with Crippen LogP contribution in [0.15, 0.2) is 18.2 Å². The van der Waals surface area contributed by atoms with Gasteiger partial charge in [-0.15, -0.1) is 0 Å². The molecule has 0 atom stereocenters. The molecule has 2 rings (SSSR count). The molecule has 6 heteroatoms. The van der Waals surface area contributed by atoms with Crippen molar-refractivity contribution in [2.75, 3.05) is 13.6 Å². The standard InChI is InChI=1S/C12H10FN3O2/c1-15-7-11(17)16(12(15)18)6-9-2-8(5-14)3-10(13)4-9/h2-4H,6-7H2,1H3. The molecule has 1 saturated heterocycles. The zero-order valence-corrected chi connectivity index (χ0v) is 9.68. The lowest BCUT2D eigenvalue weighted by Crippen LogP contribution is -2.31. The summed E-state index contributed by atoms with van der Waals surface area (Å²) < 4.78 is 13.2. The van der Waals surface area contributed by atoms with Crippen LogP contribution in [-0.2, 0) is 11.3 Å². The fraction of sp³-hybridized carbons (Fsp3) is 0.250. The number of amides is 3. The molecule has 1 aromatic carbocycles. The summed E-state index contributed by atoms with van der Waals surface area (Å²) in [5.41, 5.74) is 0.584. The van der Waals surface area contributed by atoms with Crippen molar-refractivity contribution in [1.29, 1.82) is 5.26 Å². The minimum Gasteiger partial charge on any atom is -0.318 e. The highest BCUT2D eigenvalue weighted by Crippen LogP contribution is 2.15. The van der Waals surface area contributed by atoms with Gasteiger partial charge in [-0.2, -0.15) is 5.26 Å². The lowest BCUT2D eigenvalue weighted by Gasteiger charge is -2.14. The molecular weight excluding hydrogens is 237 g/mol. The normalized spacial score (nSPS) is 15.2. The first kappa shape index (κ1) is 12.0. The van der Waals surface area contributed by atoms with Gasteiger partial charge < -0.3 is 4.90 Å². The predicted molar refractivity (Wildman–Crippen MR) is 59.7 cm³/mol. The van der Waals surface area contributed by atoms with Crippen molar-refractivity contribution >= 4 is 11.9 Å². The Balaban J connectivity index is 2.25. The molecule has 0 aliphatic carbocycles. The second-order valence-electron chi connectivity index (χ2n) is 4.08. The third-order valence-corrected chi connectivity index (χ3v) is 2.66. The van der Waals surface area contributed by atoms with E-state index in [2.05, 4.69) is 0 Å². The van der Waals surface area contributed by atoms with Crippen LogP contribution in [0.1, 0.15) is 11.1 Å². The van der Waals surface area contributed by atoms with E-state index in [1.54, 1.807) is 0 Å². The number of benzene rings is 1. The van der Waals surface area contributed by atoms with E-state index < -0.39 is 11.8 Å². The van der Waals surface area contributed by atoms with Crippen LogP contribution in [0.5, 0.6) is 0 Å². The minimum absolute atomic E-state index is 0.0194. The highest BCUT2D eigenvalue weighted by atomic mass is 19.1. The Kier molecular flexibility index (Phi) is 2.98. The monoisotopic (exact) mass is 247 g/mol. The molecule has 0 radical (unpaired) electrons. The topological polar surface area (TPSA) is 64.4 Å². The average molecular weight is 247 g/mol. The van der Waals surface area contributed by atoms with E-state index in [1.807, 2.05) is 6.07 Å². The number of hydrogen-bond donors (Lipinski definition) is 0. The number of rotatable bonds is 2. The molecule has 0 aromatic heterocycles. The van der Waals surface area contributed by atoms with E-state index in [1.165, 1.54) is 24.1 Å². The number of carbonyl (C=O) groups excluding carboxylic acids is 2. The molecule has 1 aliphatic heterocycles. The van der Waals surface area contributed by atoms with Crippen LogP contribution in [0, 0.1) is 17.1 Å². The summed E-state index contributed by atoms with van der Waals surface area (Å²) in [4.78, 5) is 25.5. The highest BCUT2D eigenvalue weighted by molar-refractivity contribution is 6.01. The fourth-order valence-electron chi connectivity index (χ4n) is 1.81. The number of imide groups is 1. The number of halogens is 1. The average Bonchev–Trinajstić information content (AvgIpc) is 2.55. The van der Waals surface area contributed by atoms with Crippen LogP contribution < -0.4 is 0 Å². The largest absolute Gasteiger partial charge is 0.327 e. The zero-order chi connectivity index (χ0) is 13.3. The van der Waals surface area contributed by atoms with Crippen molar-refractivity contribution in [2.45, 2.75) is 6.54 Å². The van der Waals surface area contributed by atoms with Crippen LogP contribution >= 0.6 is 0 Å². The summed E-state index contributed by atoms with van der Waals surface area (Å²) in [6, 6.07) is 5.18. The number of nitrogens with zero attached hydrogens (tertiary/aromatic N) is 3. The molecule has 1 fully saturated rings. The molecule has 0 N–H and O–H groups in total. The molecule has 92 valence electrons. The van der Waals surface area contributed by atoms with Crippen molar-refractivity contribution in [3.05, 3.63) is 35.1 Å². The van der Waals surface area contributed by atoms with Crippen LogP contribution in [0.3, 0.4) is 0 Å². The maximum Gasteiger partial charge on any atom is 0.327 e. The molecule has 0 spiro atoms. The molecule has 1 aliphatic rings. The zero-order valence-electron chi connectivity index (χ0n) is 9.68. The van der Waals surface area contributed by atoms with Gasteiger partial charge in [0.1, 0.15) is 12.4 Å².